The van der Waals surface area contributed by atoms with E-state index in [1.165, 1.54) is 50.7 Å². The number of alkyl halides is 1. The van der Waals surface area contributed by atoms with Crippen LogP contribution in [0.3, 0.4) is 0 Å². The number of carbonyl (C=O) groups is 2. The fourth-order valence-corrected chi connectivity index (χ4v) is 6.61. The van der Waals surface area contributed by atoms with Gasteiger partial charge < -0.3 is 38.5 Å². The molecular weight excluding hydrogens is 824 g/mol. The normalized spacial score (nSPS) is 14.1. The van der Waals surface area contributed by atoms with Gasteiger partial charge >= 0.3 is 11.9 Å². The molecular formula is C50H55ClN2O10. The molecule has 0 fully saturated rings. The second-order valence-corrected chi connectivity index (χ2v) is 14.7. The van der Waals surface area contributed by atoms with Crippen LogP contribution in [0.2, 0.25) is 0 Å². The van der Waals surface area contributed by atoms with Gasteiger partial charge in [0.15, 0.2) is 11.4 Å². The molecule has 4 aromatic rings. The summed E-state index contributed by atoms with van der Waals surface area (Å²) in [5.74, 6) is 3.31. The van der Waals surface area contributed by atoms with Crippen LogP contribution >= 0.6 is 11.6 Å². The number of para-hydroxylation sites is 2. The van der Waals surface area contributed by atoms with Crippen molar-refractivity contribution in [2.45, 2.75) is 53.4 Å². The van der Waals surface area contributed by atoms with Crippen molar-refractivity contribution in [1.82, 2.24) is 0 Å². The van der Waals surface area contributed by atoms with E-state index >= 15 is 0 Å². The molecule has 2 aliphatic rings. The van der Waals surface area contributed by atoms with Crippen molar-refractivity contribution in [3.8, 4) is 34.5 Å². The van der Waals surface area contributed by atoms with E-state index in [1.807, 2.05) is 91.9 Å². The van der Waals surface area contributed by atoms with E-state index in [0.717, 1.165) is 46.0 Å². The molecule has 0 aromatic heterocycles. The molecule has 6 rings (SSSR count). The average Bonchev–Trinajstić information content (AvgIpc) is 3.30. The number of benzene rings is 4. The van der Waals surface area contributed by atoms with Gasteiger partial charge in [0.05, 0.1) is 14.2 Å². The van der Waals surface area contributed by atoms with Crippen LogP contribution < -0.4 is 14.2 Å². The van der Waals surface area contributed by atoms with E-state index in [1.54, 1.807) is 24.3 Å². The first-order valence-electron chi connectivity index (χ1n) is 20.1. The number of halogens is 1. The quantitative estimate of drug-likeness (QED) is 0.0427. The monoisotopic (exact) mass is 878 g/mol. The lowest BCUT2D eigenvalue weighted by Gasteiger charge is -2.23. The molecule has 12 nitrogen and oxygen atoms in total. The minimum atomic E-state index is -0.524. The predicted molar refractivity (Wildman–Crippen MR) is 246 cm³/mol. The highest BCUT2D eigenvalue weighted by atomic mass is 35.5. The van der Waals surface area contributed by atoms with E-state index in [0.29, 0.717) is 43.2 Å². The van der Waals surface area contributed by atoms with Gasteiger partial charge in [0, 0.05) is 5.88 Å². The first kappa shape index (κ1) is 48.9. The van der Waals surface area contributed by atoms with Gasteiger partial charge in [-0.25, -0.2) is 9.59 Å². The van der Waals surface area contributed by atoms with Gasteiger partial charge in [-0.1, -0.05) is 69.0 Å². The molecule has 0 spiro atoms. The summed E-state index contributed by atoms with van der Waals surface area (Å²) in [6.07, 6.45) is 2.73. The van der Waals surface area contributed by atoms with Crippen molar-refractivity contribution in [2.75, 3.05) is 40.9 Å². The Kier molecular flexibility index (Phi) is 19.6. The maximum Gasteiger partial charge on any atom is 0.360 e. The van der Waals surface area contributed by atoms with E-state index in [9.17, 15) is 9.59 Å². The number of esters is 2. The highest BCUT2D eigenvalue weighted by Crippen LogP contribution is 2.33. The van der Waals surface area contributed by atoms with E-state index < -0.39 is 11.9 Å². The van der Waals surface area contributed by atoms with Crippen molar-refractivity contribution in [1.29, 1.82) is 0 Å². The molecule has 0 heterocycles. The minimum Gasteiger partial charge on any atom is -0.508 e. The summed E-state index contributed by atoms with van der Waals surface area (Å²) in [6, 6.07) is 33.2. The Bertz CT molecular complexity index is 2330. The molecule has 2 aliphatic carbocycles. The van der Waals surface area contributed by atoms with Crippen molar-refractivity contribution < 1.29 is 48.1 Å². The maximum absolute atomic E-state index is 12.3. The summed E-state index contributed by atoms with van der Waals surface area (Å²) < 4.78 is 27.0. The molecule has 0 saturated carbocycles. The van der Waals surface area contributed by atoms with Crippen molar-refractivity contribution >= 4 is 35.0 Å². The number of phenols is 1. The largest absolute Gasteiger partial charge is 0.508 e. The Balaban J connectivity index is 0.000000229. The van der Waals surface area contributed by atoms with Crippen LogP contribution in [0, 0.1) is 0 Å². The van der Waals surface area contributed by atoms with Crippen molar-refractivity contribution in [3.05, 3.63) is 154 Å². The number of aromatic hydroxyl groups is 1. The van der Waals surface area contributed by atoms with Gasteiger partial charge in [0.1, 0.15) is 55.3 Å². The smallest absolute Gasteiger partial charge is 0.360 e. The van der Waals surface area contributed by atoms with E-state index in [4.69, 9.17) is 50.1 Å². The summed E-state index contributed by atoms with van der Waals surface area (Å²) in [4.78, 5) is 33.6. The molecule has 0 amide bonds. The molecule has 13 heteroatoms. The summed E-state index contributed by atoms with van der Waals surface area (Å²) in [5, 5.41) is 16.8. The van der Waals surface area contributed by atoms with E-state index in [2.05, 4.69) is 31.1 Å². The molecule has 4 aromatic carbocycles. The maximum atomic E-state index is 12.3. The molecule has 0 aliphatic heterocycles. The standard InChI is InChI=1S/C25H27NO5.C13H18ClNO3.C12H10O2/c1-17-14-19(23(15-18(17)2)24(26-29-4)25(27)28-3)16-30-20-10-12-22(13-11-20)31-21-8-6-5-7-9-21;1-8-5-10(7-14)11(6-9(8)2)12(15-18-4)13(16)17-3;13-10-6-8-12(9-7-10)14-11-4-2-1-3-5-11/h5-13H,14-16H2,1-4H3;5-7H2,1-4H3;1-9,13H/b26-24+;15-12+;. The third-order valence-electron chi connectivity index (χ3n) is 10.0. The summed E-state index contributed by atoms with van der Waals surface area (Å²) in [6.45, 7) is 8.60. The van der Waals surface area contributed by atoms with Gasteiger partial charge in [-0.05, 0) is 148 Å². The van der Waals surface area contributed by atoms with Crippen molar-refractivity contribution in [3.63, 3.8) is 0 Å². The molecule has 0 saturated heterocycles. The second-order valence-electron chi connectivity index (χ2n) is 14.4. The number of ether oxygens (including phenoxy) is 5. The number of methoxy groups -OCH3 is 2. The summed E-state index contributed by atoms with van der Waals surface area (Å²) >= 11 is 5.95. The fourth-order valence-electron chi connectivity index (χ4n) is 6.35. The molecule has 0 radical (unpaired) electrons. The Hall–Kier alpha value is -6.79. The number of hydrogen-bond donors (Lipinski definition) is 1. The molecule has 332 valence electrons. The first-order valence-corrected chi connectivity index (χ1v) is 20.6. The Morgan fingerprint density at radius 2 is 0.889 bits per heavy atom. The van der Waals surface area contributed by atoms with Crippen LogP contribution in [0.25, 0.3) is 0 Å². The Morgan fingerprint density at radius 1 is 0.524 bits per heavy atom. The summed E-state index contributed by atoms with van der Waals surface area (Å²) in [5.41, 5.74) is 8.97. The third kappa shape index (κ3) is 15.0. The van der Waals surface area contributed by atoms with Gasteiger partial charge in [-0.2, -0.15) is 0 Å². The number of allylic oxidation sites excluding steroid dienone is 5. The van der Waals surface area contributed by atoms with Crippen LogP contribution in [0.15, 0.2) is 164 Å². The number of nitrogens with zero attached hydrogens (tertiary/aromatic N) is 2. The number of phenolic OH excluding ortho intramolecular Hbond substituents is 1. The van der Waals surface area contributed by atoms with Crippen LogP contribution in [0.5, 0.6) is 34.5 Å². The zero-order chi connectivity index (χ0) is 45.7. The minimum absolute atomic E-state index is 0.182. The average molecular weight is 879 g/mol. The van der Waals surface area contributed by atoms with Gasteiger partial charge in [-0.15, -0.1) is 11.6 Å². The number of hydrogen-bond acceptors (Lipinski definition) is 12. The molecule has 63 heavy (non-hydrogen) atoms. The molecule has 0 bridgehead atoms. The highest BCUT2D eigenvalue weighted by molar-refractivity contribution is 6.44. The van der Waals surface area contributed by atoms with Crippen molar-refractivity contribution in [2.24, 2.45) is 10.3 Å². The van der Waals surface area contributed by atoms with Gasteiger partial charge in [0.25, 0.3) is 0 Å². The number of carbonyl (C=O) groups excluding carboxylic acids is 2. The van der Waals surface area contributed by atoms with Gasteiger partial charge in [0.2, 0.25) is 0 Å². The van der Waals surface area contributed by atoms with Crippen LogP contribution in [0.4, 0.5) is 0 Å². The predicted octanol–water partition coefficient (Wildman–Crippen LogP) is 11.5. The van der Waals surface area contributed by atoms with E-state index in [-0.39, 0.29) is 17.2 Å². The van der Waals surface area contributed by atoms with Crippen LogP contribution in [-0.4, -0.2) is 69.4 Å². The topological polar surface area (TPSA) is 144 Å². The number of rotatable bonds is 14. The van der Waals surface area contributed by atoms with Crippen LogP contribution in [0.1, 0.15) is 53.4 Å². The zero-order valence-corrected chi connectivity index (χ0v) is 37.8. The molecule has 0 unspecified atom stereocenters. The lowest BCUT2D eigenvalue weighted by Crippen LogP contribution is -2.24. The van der Waals surface area contributed by atoms with Gasteiger partial charge in [-0.3, -0.25) is 0 Å². The van der Waals surface area contributed by atoms with Crippen LogP contribution in [-0.2, 0) is 28.7 Å². The lowest BCUT2D eigenvalue weighted by atomic mass is 9.85. The third-order valence-corrected chi connectivity index (χ3v) is 10.4. The molecule has 0 atom stereocenters. The molecule has 1 N–H and O–H groups in total. The highest BCUT2D eigenvalue weighted by Gasteiger charge is 2.27. The number of oxime groups is 2. The fraction of sp³-hybridized carbons (Fsp3) is 0.280. The Morgan fingerprint density at radius 3 is 1.30 bits per heavy atom. The Labute approximate surface area is 374 Å². The summed E-state index contributed by atoms with van der Waals surface area (Å²) in [7, 11) is 5.47. The SMILES string of the molecule is CO/N=C(/C(=O)OC)C1=C(CCl)CC(C)=C(C)C1.CO/N=C(/C(=O)OC)C1=C(COc2ccc(Oc3ccccc3)cc2)CC(C)=C(C)C1.Oc1ccc(Oc2ccccc2)cc1. The lowest BCUT2D eigenvalue weighted by molar-refractivity contribution is -0.133. The zero-order valence-electron chi connectivity index (χ0n) is 37.0. The second kappa shape index (κ2) is 25.2. The first-order chi connectivity index (χ1) is 30.4.